The van der Waals surface area contributed by atoms with Crippen molar-refractivity contribution in [3.63, 3.8) is 0 Å². The second kappa shape index (κ2) is 9.03. The molecule has 0 aliphatic rings. The standard InChI is InChI=1S/C22H24F4N4O/c1-11(2)14-5-7-15(8-6-14)12(3)27-18(31)10-30-22-19(13(4)29-30)16(20(23)24)9-17(28-22)21(25)26/h5-9,11-12,20-21H,10H2,1-4H3,(H,27,31). The monoisotopic (exact) mass is 436 g/mol. The van der Waals surface area contributed by atoms with Crippen molar-refractivity contribution < 1.29 is 22.4 Å². The van der Waals surface area contributed by atoms with Crippen molar-refractivity contribution in [2.45, 2.75) is 59.1 Å². The van der Waals surface area contributed by atoms with Crippen molar-refractivity contribution in [2.75, 3.05) is 0 Å². The van der Waals surface area contributed by atoms with Gasteiger partial charge in [0, 0.05) is 5.56 Å². The number of carbonyl (C=O) groups excluding carboxylic acids is 1. The second-order valence-corrected chi connectivity index (χ2v) is 7.79. The van der Waals surface area contributed by atoms with E-state index in [1.54, 1.807) is 0 Å². The van der Waals surface area contributed by atoms with Crippen LogP contribution in [0.25, 0.3) is 11.0 Å². The lowest BCUT2D eigenvalue weighted by Crippen LogP contribution is -2.30. The Labute approximate surface area is 177 Å². The summed E-state index contributed by atoms with van der Waals surface area (Å²) in [5, 5.41) is 6.91. The number of fused-ring (bicyclic) bond motifs is 1. The SMILES string of the molecule is Cc1nn(CC(=O)NC(C)c2ccc(C(C)C)cc2)c2nc(C(F)F)cc(C(F)F)c12. The highest BCUT2D eigenvalue weighted by Gasteiger charge is 2.24. The summed E-state index contributed by atoms with van der Waals surface area (Å²) >= 11 is 0. The number of pyridine rings is 1. The van der Waals surface area contributed by atoms with E-state index in [-0.39, 0.29) is 29.3 Å². The Hall–Kier alpha value is -2.97. The Morgan fingerprint density at radius 2 is 1.65 bits per heavy atom. The molecule has 1 N–H and O–H groups in total. The lowest BCUT2D eigenvalue weighted by molar-refractivity contribution is -0.122. The molecule has 2 heterocycles. The zero-order valence-corrected chi connectivity index (χ0v) is 17.7. The molecule has 166 valence electrons. The molecule has 5 nitrogen and oxygen atoms in total. The number of nitrogens with zero attached hydrogens (tertiary/aromatic N) is 3. The third-order valence-corrected chi connectivity index (χ3v) is 5.16. The van der Waals surface area contributed by atoms with Crippen molar-refractivity contribution in [3.8, 4) is 0 Å². The number of halogens is 4. The Morgan fingerprint density at radius 1 is 1.03 bits per heavy atom. The zero-order valence-electron chi connectivity index (χ0n) is 17.7. The molecule has 1 atom stereocenters. The van der Waals surface area contributed by atoms with Crippen LogP contribution in [0.3, 0.4) is 0 Å². The Balaban J connectivity index is 1.84. The maximum Gasteiger partial charge on any atom is 0.280 e. The van der Waals surface area contributed by atoms with Crippen LogP contribution in [-0.4, -0.2) is 20.7 Å². The van der Waals surface area contributed by atoms with Crippen molar-refractivity contribution in [2.24, 2.45) is 0 Å². The van der Waals surface area contributed by atoms with Crippen LogP contribution in [0.15, 0.2) is 30.3 Å². The minimum absolute atomic E-state index is 0.00970. The molecule has 2 aromatic heterocycles. The van der Waals surface area contributed by atoms with E-state index in [1.165, 1.54) is 12.5 Å². The molecule has 1 aromatic carbocycles. The van der Waals surface area contributed by atoms with E-state index in [0.717, 1.165) is 10.2 Å². The number of aryl methyl sites for hydroxylation is 1. The fourth-order valence-corrected chi connectivity index (χ4v) is 3.48. The number of carbonyl (C=O) groups is 1. The number of benzene rings is 1. The molecule has 0 radical (unpaired) electrons. The van der Waals surface area contributed by atoms with E-state index >= 15 is 0 Å². The first-order valence-corrected chi connectivity index (χ1v) is 9.92. The van der Waals surface area contributed by atoms with E-state index < -0.39 is 30.0 Å². The van der Waals surface area contributed by atoms with Gasteiger partial charge in [-0.05, 0) is 37.0 Å². The number of hydrogen-bond donors (Lipinski definition) is 1. The van der Waals surface area contributed by atoms with Gasteiger partial charge in [0.1, 0.15) is 12.2 Å². The topological polar surface area (TPSA) is 59.8 Å². The molecule has 31 heavy (non-hydrogen) atoms. The average molecular weight is 436 g/mol. The highest BCUT2D eigenvalue weighted by atomic mass is 19.3. The quantitative estimate of drug-likeness (QED) is 0.490. The predicted molar refractivity (Wildman–Crippen MR) is 109 cm³/mol. The lowest BCUT2D eigenvalue weighted by Gasteiger charge is -2.16. The number of amides is 1. The van der Waals surface area contributed by atoms with Gasteiger partial charge in [0.25, 0.3) is 12.9 Å². The minimum atomic E-state index is -3.02. The third-order valence-electron chi connectivity index (χ3n) is 5.16. The van der Waals surface area contributed by atoms with E-state index in [9.17, 15) is 22.4 Å². The van der Waals surface area contributed by atoms with Gasteiger partial charge in [0.15, 0.2) is 5.65 Å². The number of hydrogen-bond acceptors (Lipinski definition) is 3. The van der Waals surface area contributed by atoms with Gasteiger partial charge >= 0.3 is 0 Å². The van der Waals surface area contributed by atoms with E-state index in [4.69, 9.17) is 0 Å². The Bertz CT molecular complexity index is 1080. The Morgan fingerprint density at radius 3 is 2.19 bits per heavy atom. The van der Waals surface area contributed by atoms with Gasteiger partial charge < -0.3 is 5.32 Å². The van der Waals surface area contributed by atoms with E-state index in [2.05, 4.69) is 29.2 Å². The first-order valence-electron chi connectivity index (χ1n) is 9.92. The third kappa shape index (κ3) is 4.86. The normalized spacial score (nSPS) is 12.9. The summed E-state index contributed by atoms with van der Waals surface area (Å²) < 4.78 is 54.3. The second-order valence-electron chi connectivity index (χ2n) is 7.79. The molecule has 0 bridgehead atoms. The Kier molecular flexibility index (Phi) is 6.62. The highest BCUT2D eigenvalue weighted by Crippen LogP contribution is 2.32. The molecule has 0 aliphatic carbocycles. The van der Waals surface area contributed by atoms with Crippen LogP contribution in [-0.2, 0) is 11.3 Å². The van der Waals surface area contributed by atoms with Crippen molar-refractivity contribution in [1.29, 1.82) is 0 Å². The summed E-state index contributed by atoms with van der Waals surface area (Å²) in [5.41, 5.74) is 0.776. The molecule has 3 rings (SSSR count). The molecule has 0 fully saturated rings. The summed E-state index contributed by atoms with van der Waals surface area (Å²) in [7, 11) is 0. The maximum atomic E-state index is 13.4. The minimum Gasteiger partial charge on any atom is -0.348 e. The molecule has 1 amide bonds. The average Bonchev–Trinajstić information content (AvgIpc) is 3.02. The van der Waals surface area contributed by atoms with Crippen LogP contribution >= 0.6 is 0 Å². The van der Waals surface area contributed by atoms with Crippen LogP contribution in [0.1, 0.15) is 73.7 Å². The summed E-state index contributed by atoms with van der Waals surface area (Å²) in [6.07, 6.45) is -5.99. The summed E-state index contributed by atoms with van der Waals surface area (Å²) in [5.74, 6) is -0.0493. The smallest absolute Gasteiger partial charge is 0.280 e. The molecule has 1 unspecified atom stereocenters. The molecular formula is C22H24F4N4O. The predicted octanol–water partition coefficient (Wildman–Crippen LogP) is 5.62. The fourth-order valence-electron chi connectivity index (χ4n) is 3.48. The molecule has 3 aromatic rings. The highest BCUT2D eigenvalue weighted by molar-refractivity contribution is 5.85. The van der Waals surface area contributed by atoms with E-state index in [1.807, 2.05) is 31.2 Å². The molecular weight excluding hydrogens is 412 g/mol. The van der Waals surface area contributed by atoms with Crippen LogP contribution in [0.4, 0.5) is 17.6 Å². The molecule has 0 saturated heterocycles. The lowest BCUT2D eigenvalue weighted by atomic mass is 9.99. The molecule has 0 aliphatic heterocycles. The van der Waals surface area contributed by atoms with Gasteiger partial charge in [0.05, 0.1) is 17.1 Å². The number of alkyl halides is 4. The van der Waals surface area contributed by atoms with Crippen molar-refractivity contribution in [3.05, 3.63) is 58.4 Å². The van der Waals surface area contributed by atoms with Crippen LogP contribution in [0.5, 0.6) is 0 Å². The fraction of sp³-hybridized carbons (Fsp3) is 0.409. The number of rotatable bonds is 7. The molecule has 0 spiro atoms. The van der Waals surface area contributed by atoms with Crippen LogP contribution in [0.2, 0.25) is 0 Å². The van der Waals surface area contributed by atoms with Crippen molar-refractivity contribution >= 4 is 16.9 Å². The number of aromatic nitrogens is 3. The number of nitrogens with one attached hydrogen (secondary N) is 1. The zero-order chi connectivity index (χ0) is 22.9. The molecule has 9 heteroatoms. The summed E-state index contributed by atoms with van der Waals surface area (Å²) in [6.45, 7) is 7.14. The largest absolute Gasteiger partial charge is 0.348 e. The van der Waals surface area contributed by atoms with E-state index in [0.29, 0.717) is 12.0 Å². The van der Waals surface area contributed by atoms with Gasteiger partial charge in [-0.25, -0.2) is 27.2 Å². The maximum absolute atomic E-state index is 13.4. The van der Waals surface area contributed by atoms with Gasteiger partial charge in [-0.15, -0.1) is 0 Å². The molecule has 0 saturated carbocycles. The van der Waals surface area contributed by atoms with Crippen LogP contribution < -0.4 is 5.32 Å². The van der Waals surface area contributed by atoms with Gasteiger partial charge in [-0.1, -0.05) is 38.1 Å². The van der Waals surface area contributed by atoms with Crippen LogP contribution in [0, 0.1) is 6.92 Å². The first kappa shape index (κ1) is 22.7. The van der Waals surface area contributed by atoms with Gasteiger partial charge in [0.2, 0.25) is 5.91 Å². The first-order chi connectivity index (χ1) is 14.6. The summed E-state index contributed by atoms with van der Waals surface area (Å²) in [6, 6.07) is 8.24. The van der Waals surface area contributed by atoms with Gasteiger partial charge in [-0.3, -0.25) is 4.79 Å². The van der Waals surface area contributed by atoms with Gasteiger partial charge in [-0.2, -0.15) is 5.10 Å². The summed E-state index contributed by atoms with van der Waals surface area (Å²) in [4.78, 5) is 16.4. The van der Waals surface area contributed by atoms with Crippen molar-refractivity contribution in [1.82, 2.24) is 20.1 Å².